The Morgan fingerprint density at radius 3 is 2.24 bits per heavy atom. The number of nitrogens with one attached hydrogen (secondary N) is 1. The number of amides is 1. The van der Waals surface area contributed by atoms with Gasteiger partial charge in [0, 0.05) is 11.9 Å². The van der Waals surface area contributed by atoms with Crippen LogP contribution in [0, 0.1) is 0 Å². The maximum atomic E-state index is 13.8. The van der Waals surface area contributed by atoms with Crippen molar-refractivity contribution in [3.05, 3.63) is 71.9 Å². The topological polar surface area (TPSA) is 94.9 Å². The summed E-state index contributed by atoms with van der Waals surface area (Å²) in [5.41, 5.74) is 1.52. The van der Waals surface area contributed by atoms with E-state index in [1.54, 1.807) is 37.1 Å². The monoisotopic (exact) mass is 516 g/mol. The van der Waals surface area contributed by atoms with Crippen LogP contribution in [0.2, 0.25) is 0 Å². The predicted octanol–water partition coefficient (Wildman–Crippen LogP) is 4.18. The normalized spacial score (nSPS) is 11.0. The molecule has 38 heavy (non-hydrogen) atoms. The van der Waals surface area contributed by atoms with E-state index in [4.69, 9.17) is 14.2 Å². The minimum Gasteiger partial charge on any atom is -0.496 e. The zero-order valence-electron chi connectivity index (χ0n) is 22.3. The van der Waals surface area contributed by atoms with Crippen molar-refractivity contribution in [2.24, 2.45) is 0 Å². The average Bonchev–Trinajstić information content (AvgIpc) is 3.33. The van der Waals surface area contributed by atoms with Crippen LogP contribution in [-0.2, 0) is 4.74 Å². The third-order valence-electron chi connectivity index (χ3n) is 6.22. The molecule has 0 fully saturated rings. The highest BCUT2D eigenvalue weighted by molar-refractivity contribution is 6.10. The molecule has 1 aromatic heterocycles. The van der Waals surface area contributed by atoms with Crippen molar-refractivity contribution in [2.75, 3.05) is 48.5 Å². The molecule has 1 N–H and O–H groups in total. The number of benzene rings is 3. The van der Waals surface area contributed by atoms with Gasteiger partial charge in [-0.25, -0.2) is 9.48 Å². The second kappa shape index (κ2) is 11.8. The molecule has 0 radical (unpaired) electrons. The minimum atomic E-state index is -0.724. The molecule has 0 aliphatic heterocycles. The Bertz CT molecular complexity index is 1430. The first-order valence-corrected chi connectivity index (χ1v) is 12.2. The van der Waals surface area contributed by atoms with E-state index < -0.39 is 11.9 Å². The second-order valence-electron chi connectivity index (χ2n) is 8.92. The Balaban J connectivity index is 2.04. The lowest BCUT2D eigenvalue weighted by molar-refractivity contribution is 0.0589. The molecule has 0 aliphatic rings. The standard InChI is InChI=1S/C29H32N4O5/c1-32(2)18-10-17-30-28(34)25-26(29(35)38-5)31-33(21-14-8-12-19-11-6-7-13-20(19)21)27(25)24-22(36-3)15-9-16-23(24)37-4/h6-9,11-16H,10,17-18H2,1-5H3,(H,30,34). The summed E-state index contributed by atoms with van der Waals surface area (Å²) in [6.07, 6.45) is 0.733. The maximum Gasteiger partial charge on any atom is 0.359 e. The fourth-order valence-electron chi connectivity index (χ4n) is 4.44. The van der Waals surface area contributed by atoms with E-state index in [1.807, 2.05) is 61.5 Å². The number of aromatic nitrogens is 2. The first-order chi connectivity index (χ1) is 18.4. The van der Waals surface area contributed by atoms with Gasteiger partial charge in [-0.2, -0.15) is 5.10 Å². The van der Waals surface area contributed by atoms with Crippen LogP contribution in [0.4, 0.5) is 0 Å². The molecular formula is C29H32N4O5. The summed E-state index contributed by atoms with van der Waals surface area (Å²) in [5.74, 6) is -0.247. The summed E-state index contributed by atoms with van der Waals surface area (Å²) in [5, 5.41) is 9.49. The Morgan fingerprint density at radius 1 is 0.921 bits per heavy atom. The molecule has 9 nitrogen and oxygen atoms in total. The number of methoxy groups -OCH3 is 3. The minimum absolute atomic E-state index is 0.0810. The van der Waals surface area contributed by atoms with Gasteiger partial charge in [-0.3, -0.25) is 4.79 Å². The molecule has 198 valence electrons. The van der Waals surface area contributed by atoms with Crippen LogP contribution < -0.4 is 14.8 Å². The SMILES string of the molecule is COC(=O)c1nn(-c2cccc3ccccc23)c(-c2c(OC)cccc2OC)c1C(=O)NCCCN(C)C. The Hall–Kier alpha value is -4.37. The molecular weight excluding hydrogens is 484 g/mol. The number of hydrogen-bond donors (Lipinski definition) is 1. The molecule has 0 spiro atoms. The first-order valence-electron chi connectivity index (χ1n) is 12.2. The van der Waals surface area contributed by atoms with E-state index in [1.165, 1.54) is 7.11 Å². The zero-order chi connectivity index (χ0) is 27.2. The number of rotatable bonds is 10. The van der Waals surface area contributed by atoms with Gasteiger partial charge in [0.2, 0.25) is 0 Å². The lowest BCUT2D eigenvalue weighted by Gasteiger charge is -2.17. The number of carbonyl (C=O) groups is 2. The molecule has 1 heterocycles. The Kier molecular flexibility index (Phi) is 8.28. The molecule has 0 atom stereocenters. The molecule has 4 aromatic rings. The van der Waals surface area contributed by atoms with Crippen molar-refractivity contribution >= 4 is 22.6 Å². The van der Waals surface area contributed by atoms with Gasteiger partial charge in [0.15, 0.2) is 5.69 Å². The molecule has 3 aromatic carbocycles. The number of ether oxygens (including phenoxy) is 3. The molecule has 0 aliphatic carbocycles. The van der Waals surface area contributed by atoms with Gasteiger partial charge < -0.3 is 24.4 Å². The molecule has 4 rings (SSSR count). The van der Waals surface area contributed by atoms with E-state index in [0.29, 0.717) is 35.0 Å². The Labute approximate surface area is 221 Å². The largest absolute Gasteiger partial charge is 0.496 e. The number of hydrogen-bond acceptors (Lipinski definition) is 7. The van der Waals surface area contributed by atoms with Crippen LogP contribution >= 0.6 is 0 Å². The highest BCUT2D eigenvalue weighted by Gasteiger charge is 2.33. The highest BCUT2D eigenvalue weighted by atomic mass is 16.5. The molecule has 0 unspecified atom stereocenters. The molecule has 1 amide bonds. The van der Waals surface area contributed by atoms with Gasteiger partial charge in [0.25, 0.3) is 5.91 Å². The van der Waals surface area contributed by atoms with Crippen LogP contribution in [0.3, 0.4) is 0 Å². The summed E-state index contributed by atoms with van der Waals surface area (Å²) < 4.78 is 18.1. The van der Waals surface area contributed by atoms with Gasteiger partial charge in [0.1, 0.15) is 17.1 Å². The average molecular weight is 517 g/mol. The number of esters is 1. The second-order valence-corrected chi connectivity index (χ2v) is 8.92. The van der Waals surface area contributed by atoms with Gasteiger partial charge in [-0.05, 0) is 50.6 Å². The van der Waals surface area contributed by atoms with Crippen molar-refractivity contribution in [3.8, 4) is 28.4 Å². The number of carbonyl (C=O) groups excluding carboxylic acids is 2. The zero-order valence-corrected chi connectivity index (χ0v) is 22.3. The fourth-order valence-corrected chi connectivity index (χ4v) is 4.44. The van der Waals surface area contributed by atoms with E-state index >= 15 is 0 Å². The molecule has 0 saturated carbocycles. The smallest absolute Gasteiger partial charge is 0.359 e. The first kappa shape index (κ1) is 26.7. The lowest BCUT2D eigenvalue weighted by Crippen LogP contribution is -2.28. The van der Waals surface area contributed by atoms with Crippen LogP contribution in [0.25, 0.3) is 27.7 Å². The van der Waals surface area contributed by atoms with Crippen LogP contribution in [0.5, 0.6) is 11.5 Å². The third kappa shape index (κ3) is 5.19. The van der Waals surface area contributed by atoms with Gasteiger partial charge >= 0.3 is 5.97 Å². The van der Waals surface area contributed by atoms with Crippen molar-refractivity contribution in [3.63, 3.8) is 0 Å². The third-order valence-corrected chi connectivity index (χ3v) is 6.22. The van der Waals surface area contributed by atoms with Crippen molar-refractivity contribution in [1.29, 1.82) is 0 Å². The van der Waals surface area contributed by atoms with Crippen LogP contribution in [0.1, 0.15) is 27.3 Å². The predicted molar refractivity (Wildman–Crippen MR) is 146 cm³/mol. The quantitative estimate of drug-likeness (QED) is 0.250. The molecule has 0 bridgehead atoms. The van der Waals surface area contributed by atoms with E-state index in [9.17, 15) is 9.59 Å². The summed E-state index contributed by atoms with van der Waals surface area (Å²) in [6.45, 7) is 1.21. The highest BCUT2D eigenvalue weighted by Crippen LogP contribution is 2.42. The van der Waals surface area contributed by atoms with Crippen LogP contribution in [0.15, 0.2) is 60.7 Å². The number of fused-ring (bicyclic) bond motifs is 1. The fraction of sp³-hybridized carbons (Fsp3) is 0.276. The summed E-state index contributed by atoms with van der Waals surface area (Å²) in [7, 11) is 8.29. The van der Waals surface area contributed by atoms with Crippen molar-refractivity contribution in [2.45, 2.75) is 6.42 Å². The van der Waals surface area contributed by atoms with Gasteiger partial charge in [0.05, 0.1) is 38.3 Å². The lowest BCUT2D eigenvalue weighted by atomic mass is 10.0. The summed E-state index contributed by atoms with van der Waals surface area (Å²) in [6, 6.07) is 19.0. The van der Waals surface area contributed by atoms with Crippen molar-refractivity contribution < 1.29 is 23.8 Å². The number of nitrogens with zero attached hydrogens (tertiary/aromatic N) is 3. The molecule has 0 saturated heterocycles. The Morgan fingerprint density at radius 2 is 1.58 bits per heavy atom. The van der Waals surface area contributed by atoms with E-state index in [2.05, 4.69) is 10.4 Å². The van der Waals surface area contributed by atoms with Gasteiger partial charge in [-0.15, -0.1) is 0 Å². The van der Waals surface area contributed by atoms with Crippen molar-refractivity contribution in [1.82, 2.24) is 20.0 Å². The van der Waals surface area contributed by atoms with Crippen LogP contribution in [-0.4, -0.2) is 75.1 Å². The summed E-state index contributed by atoms with van der Waals surface area (Å²) in [4.78, 5) is 28.8. The van der Waals surface area contributed by atoms with Gasteiger partial charge in [-0.1, -0.05) is 42.5 Å². The maximum absolute atomic E-state index is 13.8. The summed E-state index contributed by atoms with van der Waals surface area (Å²) >= 11 is 0. The van der Waals surface area contributed by atoms with E-state index in [-0.39, 0.29) is 11.3 Å². The van der Waals surface area contributed by atoms with E-state index in [0.717, 1.165) is 23.7 Å². The molecule has 9 heteroatoms.